The van der Waals surface area contributed by atoms with Crippen LogP contribution in [0.15, 0.2) is 11.6 Å². The van der Waals surface area contributed by atoms with Gasteiger partial charge in [-0.3, -0.25) is 0 Å². The Morgan fingerprint density at radius 1 is 1.20 bits per heavy atom. The van der Waals surface area contributed by atoms with Gasteiger partial charge in [-0.25, -0.2) is 0 Å². The molecule has 1 aliphatic heterocycles. The number of quaternary nitrogens is 1. The minimum atomic E-state index is 0.834. The summed E-state index contributed by atoms with van der Waals surface area (Å²) >= 11 is 0. The molecule has 1 rings (SSSR count). The molecule has 0 saturated carbocycles. The molecule has 15 heavy (non-hydrogen) atoms. The van der Waals surface area contributed by atoms with E-state index in [0.29, 0.717) is 0 Å². The second kappa shape index (κ2) is 5.69. The van der Waals surface area contributed by atoms with E-state index in [1.807, 2.05) is 0 Å². The molecule has 1 saturated heterocycles. The highest BCUT2D eigenvalue weighted by atomic mass is 15.4. The monoisotopic (exact) mass is 210 g/mol. The van der Waals surface area contributed by atoms with Gasteiger partial charge in [0.15, 0.2) is 0 Å². The van der Waals surface area contributed by atoms with Gasteiger partial charge >= 0.3 is 0 Å². The van der Waals surface area contributed by atoms with Gasteiger partial charge in [-0.15, -0.1) is 0 Å². The Balaban J connectivity index is 2.37. The maximum atomic E-state index is 2.45. The molecule has 0 bridgehead atoms. The molecule has 1 aliphatic rings. The molecule has 1 nitrogen and oxygen atoms in total. The summed E-state index contributed by atoms with van der Waals surface area (Å²) in [5, 5.41) is 0. The first kappa shape index (κ1) is 12.8. The average Bonchev–Trinajstić information content (AvgIpc) is 2.18. The van der Waals surface area contributed by atoms with Gasteiger partial charge in [0.25, 0.3) is 0 Å². The highest BCUT2D eigenvalue weighted by Gasteiger charge is 2.30. The molecule has 0 radical (unpaired) electrons. The van der Waals surface area contributed by atoms with E-state index >= 15 is 0 Å². The van der Waals surface area contributed by atoms with E-state index in [0.717, 1.165) is 6.04 Å². The summed E-state index contributed by atoms with van der Waals surface area (Å²) in [6.07, 6.45) is 9.31. The van der Waals surface area contributed by atoms with Gasteiger partial charge in [0.1, 0.15) is 0 Å². The van der Waals surface area contributed by atoms with Gasteiger partial charge in [-0.1, -0.05) is 11.6 Å². The number of nitrogens with zero attached hydrogens (tertiary/aromatic N) is 1. The molecule has 88 valence electrons. The minimum Gasteiger partial charge on any atom is -0.324 e. The van der Waals surface area contributed by atoms with Crippen molar-refractivity contribution in [2.75, 3.05) is 20.1 Å². The Bertz CT molecular complexity index is 207. The first-order chi connectivity index (χ1) is 7.04. The van der Waals surface area contributed by atoms with Crippen LogP contribution in [0.5, 0.6) is 0 Å². The van der Waals surface area contributed by atoms with Gasteiger partial charge in [0, 0.05) is 6.42 Å². The molecule has 1 fully saturated rings. The molecule has 0 aromatic rings. The van der Waals surface area contributed by atoms with Gasteiger partial charge < -0.3 is 4.48 Å². The average molecular weight is 210 g/mol. The molecule has 1 heterocycles. The highest BCUT2D eigenvalue weighted by molar-refractivity contribution is 4.92. The summed E-state index contributed by atoms with van der Waals surface area (Å²) in [7, 11) is 2.45. The van der Waals surface area contributed by atoms with E-state index in [1.54, 1.807) is 0 Å². The highest BCUT2D eigenvalue weighted by Crippen LogP contribution is 2.22. The zero-order valence-electron chi connectivity index (χ0n) is 11.1. The summed E-state index contributed by atoms with van der Waals surface area (Å²) in [6, 6.07) is 0.834. The third kappa shape index (κ3) is 3.98. The van der Waals surface area contributed by atoms with E-state index < -0.39 is 0 Å². The Hall–Kier alpha value is -0.300. The maximum absolute atomic E-state index is 2.45. The Morgan fingerprint density at radius 2 is 1.80 bits per heavy atom. The molecular formula is C14H28N+. The smallest absolute Gasteiger partial charge is 0.0862 e. The summed E-state index contributed by atoms with van der Waals surface area (Å²) < 4.78 is 1.32. The van der Waals surface area contributed by atoms with Gasteiger partial charge in [0.05, 0.1) is 26.2 Å². The van der Waals surface area contributed by atoms with Crippen molar-refractivity contribution in [1.29, 1.82) is 0 Å². The molecule has 0 spiro atoms. The third-order valence-electron chi connectivity index (χ3n) is 4.04. The van der Waals surface area contributed by atoms with Crippen LogP contribution < -0.4 is 0 Å². The summed E-state index contributed by atoms with van der Waals surface area (Å²) in [5.41, 5.74) is 1.46. The molecule has 1 atom stereocenters. The molecular weight excluding hydrogens is 182 g/mol. The first-order valence-electron chi connectivity index (χ1n) is 6.52. The molecule has 1 heteroatoms. The number of piperidine rings is 1. The Morgan fingerprint density at radius 3 is 2.33 bits per heavy atom. The predicted molar refractivity (Wildman–Crippen MR) is 67.9 cm³/mol. The lowest BCUT2D eigenvalue weighted by molar-refractivity contribution is -0.936. The number of hydrogen-bond acceptors (Lipinski definition) is 0. The lowest BCUT2D eigenvalue weighted by Crippen LogP contribution is -2.53. The van der Waals surface area contributed by atoms with Crippen LogP contribution in [0, 0.1) is 0 Å². The van der Waals surface area contributed by atoms with Crippen molar-refractivity contribution >= 4 is 0 Å². The van der Waals surface area contributed by atoms with Crippen LogP contribution in [0.1, 0.15) is 52.9 Å². The standard InChI is InChI=1S/C14H28N/c1-13(2)9-8-10-14(3)15(4)11-6-5-7-12-15/h9,14H,5-8,10-12H2,1-4H3/q+1/t14-/m0/s1. The van der Waals surface area contributed by atoms with E-state index in [2.05, 4.69) is 33.9 Å². The lowest BCUT2D eigenvalue weighted by atomic mass is 10.0. The summed E-state index contributed by atoms with van der Waals surface area (Å²) in [5.74, 6) is 0. The fourth-order valence-electron chi connectivity index (χ4n) is 2.60. The lowest BCUT2D eigenvalue weighted by Gasteiger charge is -2.43. The fourth-order valence-corrected chi connectivity index (χ4v) is 2.60. The molecule has 0 aliphatic carbocycles. The largest absolute Gasteiger partial charge is 0.324 e. The number of rotatable bonds is 4. The van der Waals surface area contributed by atoms with Crippen LogP contribution >= 0.6 is 0 Å². The SMILES string of the molecule is CC(C)=CCC[C@H](C)[N+]1(C)CCCCC1. The quantitative estimate of drug-likeness (QED) is 0.490. The van der Waals surface area contributed by atoms with Crippen molar-refractivity contribution in [3.05, 3.63) is 11.6 Å². The van der Waals surface area contributed by atoms with Crippen molar-refractivity contribution in [1.82, 2.24) is 0 Å². The van der Waals surface area contributed by atoms with Crippen molar-refractivity contribution < 1.29 is 4.48 Å². The van der Waals surface area contributed by atoms with Crippen LogP contribution in [-0.2, 0) is 0 Å². The van der Waals surface area contributed by atoms with Gasteiger partial charge in [-0.05, 0) is 46.5 Å². The fraction of sp³-hybridized carbons (Fsp3) is 0.857. The van der Waals surface area contributed by atoms with Crippen LogP contribution in [0.3, 0.4) is 0 Å². The number of hydrogen-bond donors (Lipinski definition) is 0. The normalized spacial score (nSPS) is 22.1. The van der Waals surface area contributed by atoms with Crippen molar-refractivity contribution in [3.63, 3.8) is 0 Å². The molecule has 0 aromatic carbocycles. The summed E-state index contributed by atoms with van der Waals surface area (Å²) in [4.78, 5) is 0. The molecule has 0 aromatic heterocycles. The van der Waals surface area contributed by atoms with Crippen molar-refractivity contribution in [2.24, 2.45) is 0 Å². The minimum absolute atomic E-state index is 0.834. The second-order valence-corrected chi connectivity index (χ2v) is 5.70. The van der Waals surface area contributed by atoms with Crippen LogP contribution in [0.25, 0.3) is 0 Å². The van der Waals surface area contributed by atoms with Crippen molar-refractivity contribution in [3.8, 4) is 0 Å². The Kier molecular flexibility index (Phi) is 4.85. The maximum Gasteiger partial charge on any atom is 0.0862 e. The first-order valence-corrected chi connectivity index (χ1v) is 6.52. The number of likely N-dealkylation sites (tertiary alicyclic amines) is 1. The molecule has 0 amide bonds. The number of allylic oxidation sites excluding steroid dienone is 2. The zero-order valence-corrected chi connectivity index (χ0v) is 11.1. The predicted octanol–water partition coefficient (Wildman–Crippen LogP) is 3.75. The van der Waals surface area contributed by atoms with Crippen LogP contribution in [0.2, 0.25) is 0 Å². The Labute approximate surface area is 95.8 Å². The molecule has 0 unspecified atom stereocenters. The van der Waals surface area contributed by atoms with Gasteiger partial charge in [0.2, 0.25) is 0 Å². The van der Waals surface area contributed by atoms with Crippen LogP contribution in [0.4, 0.5) is 0 Å². The summed E-state index contributed by atoms with van der Waals surface area (Å²) in [6.45, 7) is 9.62. The van der Waals surface area contributed by atoms with E-state index in [-0.39, 0.29) is 0 Å². The third-order valence-corrected chi connectivity index (χ3v) is 4.04. The van der Waals surface area contributed by atoms with E-state index in [9.17, 15) is 0 Å². The van der Waals surface area contributed by atoms with Crippen LogP contribution in [-0.4, -0.2) is 30.7 Å². The zero-order chi connectivity index (χ0) is 11.3. The second-order valence-electron chi connectivity index (χ2n) is 5.70. The molecule has 0 N–H and O–H groups in total. The van der Waals surface area contributed by atoms with Gasteiger partial charge in [-0.2, -0.15) is 0 Å². The van der Waals surface area contributed by atoms with E-state index in [4.69, 9.17) is 0 Å². The van der Waals surface area contributed by atoms with Crippen molar-refractivity contribution in [2.45, 2.75) is 58.9 Å². The topological polar surface area (TPSA) is 0 Å². The van der Waals surface area contributed by atoms with E-state index in [1.165, 1.54) is 55.2 Å².